The minimum absolute atomic E-state index is 0.0556. The molecule has 0 saturated carbocycles. The normalized spacial score (nSPS) is 15.2. The van der Waals surface area contributed by atoms with Gasteiger partial charge in [0, 0.05) is 10.6 Å². The van der Waals surface area contributed by atoms with Crippen LogP contribution in [0.1, 0.15) is 31.9 Å². The van der Waals surface area contributed by atoms with E-state index < -0.39 is 17.6 Å². The molecule has 0 fully saturated rings. The quantitative estimate of drug-likeness (QED) is 0.723. The highest BCUT2D eigenvalue weighted by Gasteiger charge is 2.41. The second-order valence-electron chi connectivity index (χ2n) is 7.09. The molecule has 4 nitrogen and oxygen atoms in total. The Bertz CT molecular complexity index is 941. The zero-order valence-corrected chi connectivity index (χ0v) is 16.0. The lowest BCUT2D eigenvalue weighted by Crippen LogP contribution is -2.31. The lowest BCUT2D eigenvalue weighted by atomic mass is 9.87. The molecule has 1 aliphatic rings. The van der Waals surface area contributed by atoms with Crippen LogP contribution < -0.4 is 4.90 Å². The maximum atomic E-state index is 12.8. The molecule has 1 N–H and O–H groups in total. The van der Waals surface area contributed by atoms with Gasteiger partial charge in [-0.1, -0.05) is 62.2 Å². The lowest BCUT2D eigenvalue weighted by Gasteiger charge is -2.21. The molecule has 2 aromatic carbocycles. The number of hydrogen-bond donors (Lipinski definition) is 1. The van der Waals surface area contributed by atoms with Crippen LogP contribution in [0.25, 0.3) is 5.57 Å². The van der Waals surface area contributed by atoms with Crippen LogP contribution in [0.2, 0.25) is 10.0 Å². The molecule has 6 heteroatoms. The average molecular weight is 390 g/mol. The number of carbonyl (C=O) groups is 2. The predicted molar refractivity (Wildman–Crippen MR) is 104 cm³/mol. The number of hydrogen-bond acceptors (Lipinski definition) is 3. The Hall–Kier alpha value is -2.30. The summed E-state index contributed by atoms with van der Waals surface area (Å²) in [6.45, 7) is 6.21. The molecule has 26 heavy (non-hydrogen) atoms. The van der Waals surface area contributed by atoms with Crippen molar-refractivity contribution in [3.63, 3.8) is 0 Å². The summed E-state index contributed by atoms with van der Waals surface area (Å²) < 4.78 is 0. The summed E-state index contributed by atoms with van der Waals surface area (Å²) in [4.78, 5) is 26.3. The Morgan fingerprint density at radius 3 is 2.08 bits per heavy atom. The monoisotopic (exact) mass is 389 g/mol. The third-order valence-corrected chi connectivity index (χ3v) is 4.80. The van der Waals surface area contributed by atoms with Crippen molar-refractivity contribution in [2.24, 2.45) is 0 Å². The molecule has 0 bridgehead atoms. The van der Waals surface area contributed by atoms with Crippen molar-refractivity contribution < 1.29 is 14.7 Å². The first kappa shape index (κ1) is 18.5. The molecule has 0 spiro atoms. The van der Waals surface area contributed by atoms with Crippen LogP contribution >= 0.6 is 23.2 Å². The number of imide groups is 1. The summed E-state index contributed by atoms with van der Waals surface area (Å²) in [5.74, 6) is -2.03. The van der Waals surface area contributed by atoms with Crippen LogP contribution in [0.5, 0.6) is 0 Å². The second kappa shape index (κ2) is 6.45. The van der Waals surface area contributed by atoms with Crippen molar-refractivity contribution in [3.05, 3.63) is 69.4 Å². The van der Waals surface area contributed by atoms with E-state index in [1.54, 1.807) is 18.2 Å². The highest BCUT2D eigenvalue weighted by atomic mass is 35.5. The molecular formula is C20H17Cl2NO3. The molecule has 0 unspecified atom stereocenters. The van der Waals surface area contributed by atoms with Crippen molar-refractivity contribution in [3.8, 4) is 0 Å². The Kier molecular flexibility index (Phi) is 4.59. The molecule has 0 atom stereocenters. The molecule has 134 valence electrons. The van der Waals surface area contributed by atoms with Gasteiger partial charge in [-0.3, -0.25) is 9.59 Å². The summed E-state index contributed by atoms with van der Waals surface area (Å²) in [6, 6.07) is 11.6. The maximum absolute atomic E-state index is 12.8. The first-order valence-corrected chi connectivity index (χ1v) is 8.75. The summed E-state index contributed by atoms with van der Waals surface area (Å²) in [5, 5.41) is 10.8. The highest BCUT2D eigenvalue weighted by molar-refractivity contribution is 6.47. The Morgan fingerprint density at radius 1 is 0.923 bits per heavy atom. The summed E-state index contributed by atoms with van der Waals surface area (Å²) >= 11 is 12.0. The van der Waals surface area contributed by atoms with Crippen LogP contribution in [0.15, 0.2) is 48.2 Å². The van der Waals surface area contributed by atoms with Gasteiger partial charge >= 0.3 is 5.91 Å². The fraction of sp³-hybridized carbons (Fsp3) is 0.200. The lowest BCUT2D eigenvalue weighted by molar-refractivity contribution is -0.121. The molecule has 1 aliphatic heterocycles. The van der Waals surface area contributed by atoms with Gasteiger partial charge in [0.2, 0.25) is 0 Å². The SMILES string of the molecule is CC(C)(C)c1ccc(N2C(=O)C(O)=C(c3ccc(Cl)cc3Cl)C2=O)cc1. The van der Waals surface area contributed by atoms with Crippen LogP contribution in [-0.2, 0) is 15.0 Å². The minimum Gasteiger partial charge on any atom is -0.502 e. The minimum atomic E-state index is -0.778. The van der Waals surface area contributed by atoms with Crippen LogP contribution in [0.4, 0.5) is 5.69 Å². The smallest absolute Gasteiger partial charge is 0.301 e. The molecule has 2 aromatic rings. The zero-order valence-electron chi connectivity index (χ0n) is 14.5. The number of anilines is 1. The van der Waals surface area contributed by atoms with Crippen molar-refractivity contribution in [1.82, 2.24) is 0 Å². The maximum Gasteiger partial charge on any atom is 0.301 e. The molecule has 0 aromatic heterocycles. The summed E-state index contributed by atoms with van der Waals surface area (Å²) in [5.41, 5.74) is 1.54. The van der Waals surface area contributed by atoms with Crippen molar-refractivity contribution in [2.75, 3.05) is 4.90 Å². The largest absolute Gasteiger partial charge is 0.502 e. The molecule has 3 rings (SSSR count). The zero-order chi connectivity index (χ0) is 19.2. The van der Waals surface area contributed by atoms with Gasteiger partial charge in [0.15, 0.2) is 5.76 Å². The number of rotatable bonds is 2. The predicted octanol–water partition coefficient (Wildman–Crippen LogP) is 5.13. The van der Waals surface area contributed by atoms with E-state index in [0.717, 1.165) is 10.5 Å². The third kappa shape index (κ3) is 3.11. The summed E-state index contributed by atoms with van der Waals surface area (Å²) in [6.07, 6.45) is 0. The molecule has 0 aliphatic carbocycles. The molecular weight excluding hydrogens is 373 g/mol. The highest BCUT2D eigenvalue weighted by Crippen LogP contribution is 2.36. The summed E-state index contributed by atoms with van der Waals surface area (Å²) in [7, 11) is 0. The van der Waals surface area contributed by atoms with E-state index in [4.69, 9.17) is 23.2 Å². The Balaban J connectivity index is 2.01. The van der Waals surface area contributed by atoms with Crippen molar-refractivity contribution in [2.45, 2.75) is 26.2 Å². The fourth-order valence-electron chi connectivity index (χ4n) is 2.80. The number of halogens is 2. The molecule has 0 saturated heterocycles. The number of aliphatic hydroxyl groups is 1. The van der Waals surface area contributed by atoms with Gasteiger partial charge in [0.1, 0.15) is 0 Å². The van der Waals surface area contributed by atoms with Crippen molar-refractivity contribution in [1.29, 1.82) is 0 Å². The van der Waals surface area contributed by atoms with E-state index >= 15 is 0 Å². The van der Waals surface area contributed by atoms with Crippen molar-refractivity contribution >= 4 is 46.3 Å². The third-order valence-electron chi connectivity index (χ3n) is 4.25. The number of benzene rings is 2. The average Bonchev–Trinajstić information content (AvgIpc) is 2.77. The molecule has 1 heterocycles. The van der Waals surface area contributed by atoms with Crippen LogP contribution in [0.3, 0.4) is 0 Å². The van der Waals surface area contributed by atoms with Gasteiger partial charge in [-0.05, 0) is 35.2 Å². The van der Waals surface area contributed by atoms with E-state index in [1.165, 1.54) is 12.1 Å². The van der Waals surface area contributed by atoms with Gasteiger partial charge in [0.25, 0.3) is 5.91 Å². The number of carbonyl (C=O) groups excluding carboxylic acids is 2. The van der Waals surface area contributed by atoms with Crippen LogP contribution in [-0.4, -0.2) is 16.9 Å². The fourth-order valence-corrected chi connectivity index (χ4v) is 3.30. The van der Waals surface area contributed by atoms with Gasteiger partial charge in [0.05, 0.1) is 16.3 Å². The van der Waals surface area contributed by atoms with Gasteiger partial charge in [-0.15, -0.1) is 0 Å². The number of amides is 2. The van der Waals surface area contributed by atoms with Gasteiger partial charge < -0.3 is 5.11 Å². The Labute approximate surface area is 161 Å². The number of nitrogens with zero attached hydrogens (tertiary/aromatic N) is 1. The van der Waals surface area contributed by atoms with E-state index in [2.05, 4.69) is 20.8 Å². The van der Waals surface area contributed by atoms with Gasteiger partial charge in [-0.25, -0.2) is 4.90 Å². The Morgan fingerprint density at radius 2 is 1.54 bits per heavy atom. The van der Waals surface area contributed by atoms with E-state index in [9.17, 15) is 14.7 Å². The second-order valence-corrected chi connectivity index (χ2v) is 7.93. The standard InChI is InChI=1S/C20H17Cl2NO3/c1-20(2,3)11-4-7-13(8-5-11)23-18(25)16(17(24)19(23)26)14-9-6-12(21)10-15(14)22/h4-10,24H,1-3H3. The topological polar surface area (TPSA) is 57.6 Å². The first-order valence-electron chi connectivity index (χ1n) is 7.99. The molecule has 2 amide bonds. The van der Waals surface area contributed by atoms with Crippen LogP contribution in [0, 0.1) is 0 Å². The number of aliphatic hydroxyl groups excluding tert-OH is 1. The van der Waals surface area contributed by atoms with E-state index in [-0.39, 0.29) is 21.6 Å². The molecule has 0 radical (unpaired) electrons. The van der Waals surface area contributed by atoms with Gasteiger partial charge in [-0.2, -0.15) is 0 Å². The van der Waals surface area contributed by atoms with E-state index in [1.807, 2.05) is 12.1 Å². The first-order chi connectivity index (χ1) is 12.1. The van der Waals surface area contributed by atoms with E-state index in [0.29, 0.717) is 10.7 Å².